The first kappa shape index (κ1) is 24.8. The maximum absolute atomic E-state index is 13.9. The van der Waals surface area contributed by atoms with Crippen LogP contribution >= 0.6 is 11.3 Å². The summed E-state index contributed by atoms with van der Waals surface area (Å²) in [7, 11) is 1.56. The van der Waals surface area contributed by atoms with Gasteiger partial charge in [-0.3, -0.25) is 14.0 Å². The number of carbonyl (C=O) groups is 2. The zero-order valence-electron chi connectivity index (χ0n) is 20.7. The number of benzene rings is 2. The van der Waals surface area contributed by atoms with Crippen LogP contribution in [0.3, 0.4) is 0 Å². The van der Waals surface area contributed by atoms with Crippen molar-refractivity contribution in [2.75, 3.05) is 7.05 Å². The van der Waals surface area contributed by atoms with Gasteiger partial charge in [-0.2, -0.15) is 0 Å². The molecule has 35 heavy (non-hydrogen) atoms. The van der Waals surface area contributed by atoms with Gasteiger partial charge in [0.1, 0.15) is 17.2 Å². The number of Topliss-reactive ketones (excluding diaryl/α,β-unsaturated/α-hetero) is 1. The van der Waals surface area contributed by atoms with Crippen LogP contribution in [0.2, 0.25) is 0 Å². The van der Waals surface area contributed by atoms with Gasteiger partial charge in [-0.25, -0.2) is 9.37 Å². The van der Waals surface area contributed by atoms with Crippen LogP contribution in [-0.2, 0) is 0 Å². The number of hydrogen-bond acceptors (Lipinski definition) is 4. The van der Waals surface area contributed by atoms with E-state index < -0.39 is 0 Å². The van der Waals surface area contributed by atoms with Crippen LogP contribution in [0.5, 0.6) is 0 Å². The summed E-state index contributed by atoms with van der Waals surface area (Å²) in [6.07, 6.45) is 4.24. The standard InChI is InChI=1S/C28H30FN3O2S/c1-17-11-12-18(22(33)10-7-13-28(2,3)4)15-21(17)23-16-32-25(26(34)30-5)24(31-27(32)35-23)19-8-6-9-20(29)14-19/h6,8-9,11-12,14-16H,7,10,13H2,1-5H3,(H,30,34). The minimum atomic E-state index is -0.387. The Balaban J connectivity index is 1.72. The minimum Gasteiger partial charge on any atom is -0.354 e. The van der Waals surface area contributed by atoms with E-state index in [4.69, 9.17) is 0 Å². The molecular weight excluding hydrogens is 461 g/mol. The molecule has 1 amide bonds. The molecule has 0 aliphatic heterocycles. The highest BCUT2D eigenvalue weighted by molar-refractivity contribution is 7.20. The molecule has 0 fully saturated rings. The number of aromatic nitrogens is 2. The summed E-state index contributed by atoms with van der Waals surface area (Å²) in [5.41, 5.74) is 4.20. The number of amides is 1. The molecule has 5 nitrogen and oxygen atoms in total. The number of thiazole rings is 1. The lowest BCUT2D eigenvalue weighted by molar-refractivity contribution is 0.0955. The Hall–Kier alpha value is -3.32. The van der Waals surface area contributed by atoms with Crippen LogP contribution in [0.4, 0.5) is 4.39 Å². The van der Waals surface area contributed by atoms with Crippen molar-refractivity contribution in [3.63, 3.8) is 0 Å². The van der Waals surface area contributed by atoms with Crippen LogP contribution in [-0.4, -0.2) is 28.1 Å². The minimum absolute atomic E-state index is 0.135. The number of fused-ring (bicyclic) bond motifs is 1. The number of carbonyl (C=O) groups excluding carboxylic acids is 2. The fourth-order valence-electron chi connectivity index (χ4n) is 4.13. The molecule has 1 N–H and O–H groups in total. The van der Waals surface area contributed by atoms with E-state index in [9.17, 15) is 14.0 Å². The number of ketones is 1. The van der Waals surface area contributed by atoms with Crippen LogP contribution in [0.1, 0.15) is 66.4 Å². The van der Waals surface area contributed by atoms with Crippen molar-refractivity contribution in [3.8, 4) is 21.7 Å². The average Bonchev–Trinajstić information content (AvgIpc) is 3.36. The van der Waals surface area contributed by atoms with Gasteiger partial charge in [-0.15, -0.1) is 0 Å². The molecule has 4 rings (SSSR count). The van der Waals surface area contributed by atoms with E-state index in [0.29, 0.717) is 33.9 Å². The molecule has 0 aliphatic rings. The van der Waals surface area contributed by atoms with Crippen molar-refractivity contribution < 1.29 is 14.0 Å². The quantitative estimate of drug-likeness (QED) is 0.285. The van der Waals surface area contributed by atoms with Gasteiger partial charge < -0.3 is 5.32 Å². The third-order valence-electron chi connectivity index (χ3n) is 6.02. The first-order valence-electron chi connectivity index (χ1n) is 11.7. The summed E-state index contributed by atoms with van der Waals surface area (Å²) >= 11 is 1.43. The van der Waals surface area contributed by atoms with Gasteiger partial charge in [0.25, 0.3) is 5.91 Å². The average molecular weight is 492 g/mol. The molecule has 0 aliphatic carbocycles. The molecule has 0 spiro atoms. The number of nitrogens with zero attached hydrogens (tertiary/aromatic N) is 2. The summed E-state index contributed by atoms with van der Waals surface area (Å²) in [6.45, 7) is 8.55. The normalized spacial score (nSPS) is 11.7. The van der Waals surface area contributed by atoms with E-state index in [1.807, 2.05) is 31.3 Å². The lowest BCUT2D eigenvalue weighted by Crippen LogP contribution is -2.20. The van der Waals surface area contributed by atoms with E-state index >= 15 is 0 Å². The van der Waals surface area contributed by atoms with Gasteiger partial charge in [-0.05, 0) is 54.5 Å². The Labute approximate surface area is 209 Å². The highest BCUT2D eigenvalue weighted by Gasteiger charge is 2.23. The Morgan fingerprint density at radius 3 is 2.60 bits per heavy atom. The monoisotopic (exact) mass is 491 g/mol. The van der Waals surface area contributed by atoms with Crippen LogP contribution in [0, 0.1) is 18.2 Å². The topological polar surface area (TPSA) is 63.5 Å². The molecule has 7 heteroatoms. The molecule has 0 saturated heterocycles. The predicted octanol–water partition coefficient (Wildman–Crippen LogP) is 6.94. The number of hydrogen-bond donors (Lipinski definition) is 1. The Kier molecular flexibility index (Phi) is 6.90. The van der Waals surface area contributed by atoms with Crippen molar-refractivity contribution >= 4 is 28.0 Å². The summed E-state index contributed by atoms with van der Waals surface area (Å²) in [4.78, 5) is 31.9. The zero-order chi connectivity index (χ0) is 25.3. The smallest absolute Gasteiger partial charge is 0.270 e. The number of imidazole rings is 1. The van der Waals surface area contributed by atoms with Crippen LogP contribution in [0.15, 0.2) is 48.7 Å². The van der Waals surface area contributed by atoms with Crippen molar-refractivity contribution in [1.29, 1.82) is 0 Å². The number of aryl methyl sites for hydroxylation is 1. The summed E-state index contributed by atoms with van der Waals surface area (Å²) in [5.74, 6) is -0.557. The number of halogens is 1. The number of nitrogens with one attached hydrogen (secondary N) is 1. The highest BCUT2D eigenvalue weighted by atomic mass is 32.1. The molecule has 2 aromatic carbocycles. The lowest BCUT2D eigenvalue weighted by Gasteiger charge is -2.17. The SMILES string of the molecule is CNC(=O)c1c(-c2cccc(F)c2)nc2sc(-c3cc(C(=O)CCCC(C)(C)C)ccc3C)cn12. The maximum Gasteiger partial charge on any atom is 0.270 e. The van der Waals surface area contributed by atoms with Gasteiger partial charge in [0.2, 0.25) is 0 Å². The number of rotatable bonds is 7. The second-order valence-electron chi connectivity index (χ2n) is 10.0. The van der Waals surface area contributed by atoms with Crippen molar-refractivity contribution in [3.05, 3.63) is 71.3 Å². The molecule has 0 atom stereocenters. The van der Waals surface area contributed by atoms with E-state index in [-0.39, 0.29) is 22.9 Å². The summed E-state index contributed by atoms with van der Waals surface area (Å²) < 4.78 is 15.6. The first-order chi connectivity index (χ1) is 16.6. The molecule has 4 aromatic rings. The fourth-order valence-corrected chi connectivity index (χ4v) is 5.19. The molecule has 0 bridgehead atoms. The molecule has 0 radical (unpaired) electrons. The Morgan fingerprint density at radius 2 is 1.91 bits per heavy atom. The van der Waals surface area contributed by atoms with Crippen molar-refractivity contribution in [1.82, 2.24) is 14.7 Å². The molecular formula is C28H30FN3O2S. The summed E-state index contributed by atoms with van der Waals surface area (Å²) in [5, 5.41) is 2.67. The first-order valence-corrected chi connectivity index (χ1v) is 12.5. The Bertz CT molecular complexity index is 1410. The molecule has 0 unspecified atom stereocenters. The predicted molar refractivity (Wildman–Crippen MR) is 140 cm³/mol. The van der Waals surface area contributed by atoms with Gasteiger partial charge in [0.15, 0.2) is 10.7 Å². The zero-order valence-corrected chi connectivity index (χ0v) is 21.6. The maximum atomic E-state index is 13.9. The third kappa shape index (κ3) is 5.35. The van der Waals surface area contributed by atoms with Gasteiger partial charge in [0.05, 0.1) is 4.88 Å². The highest BCUT2D eigenvalue weighted by Crippen LogP contribution is 2.35. The third-order valence-corrected chi connectivity index (χ3v) is 7.04. The van der Waals surface area contributed by atoms with E-state index in [1.54, 1.807) is 23.6 Å². The molecule has 2 aromatic heterocycles. The van der Waals surface area contributed by atoms with E-state index in [0.717, 1.165) is 28.8 Å². The van der Waals surface area contributed by atoms with Crippen molar-refractivity contribution in [2.45, 2.75) is 47.0 Å². The lowest BCUT2D eigenvalue weighted by atomic mass is 9.88. The van der Waals surface area contributed by atoms with Gasteiger partial charge in [-0.1, -0.05) is 56.4 Å². The van der Waals surface area contributed by atoms with Crippen molar-refractivity contribution in [2.24, 2.45) is 5.41 Å². The Morgan fingerprint density at radius 1 is 1.14 bits per heavy atom. The van der Waals surface area contributed by atoms with Gasteiger partial charge in [0, 0.05) is 30.8 Å². The van der Waals surface area contributed by atoms with Gasteiger partial charge >= 0.3 is 0 Å². The second-order valence-corrected chi connectivity index (χ2v) is 11.0. The molecule has 182 valence electrons. The van der Waals surface area contributed by atoms with E-state index in [2.05, 4.69) is 31.1 Å². The summed E-state index contributed by atoms with van der Waals surface area (Å²) in [6, 6.07) is 11.9. The second kappa shape index (κ2) is 9.74. The largest absolute Gasteiger partial charge is 0.354 e. The van der Waals surface area contributed by atoms with Crippen LogP contribution in [0.25, 0.3) is 26.7 Å². The molecule has 0 saturated carbocycles. The molecule has 2 heterocycles. The fraction of sp³-hybridized carbons (Fsp3) is 0.321. The van der Waals surface area contributed by atoms with Crippen LogP contribution < -0.4 is 5.32 Å². The van der Waals surface area contributed by atoms with E-state index in [1.165, 1.54) is 23.5 Å².